The maximum absolute atomic E-state index is 5.75. The Kier molecular flexibility index (Phi) is 5.50. The van der Waals surface area contributed by atoms with Gasteiger partial charge in [0.05, 0.1) is 13.2 Å². The molecule has 3 heteroatoms. The van der Waals surface area contributed by atoms with Gasteiger partial charge in [0.15, 0.2) is 0 Å². The maximum atomic E-state index is 5.75. The second kappa shape index (κ2) is 7.58. The molecule has 2 aromatic rings. The van der Waals surface area contributed by atoms with Crippen LogP contribution in [-0.4, -0.2) is 13.2 Å². The van der Waals surface area contributed by atoms with Crippen molar-refractivity contribution in [3.05, 3.63) is 54.1 Å². The number of hydrogen-bond acceptors (Lipinski definition) is 3. The summed E-state index contributed by atoms with van der Waals surface area (Å²) >= 11 is 0. The minimum atomic E-state index is 0.516. The van der Waals surface area contributed by atoms with Crippen molar-refractivity contribution in [2.75, 3.05) is 18.9 Å². The third-order valence-electron chi connectivity index (χ3n) is 3.23. The van der Waals surface area contributed by atoms with Gasteiger partial charge in [0.25, 0.3) is 0 Å². The first-order valence-electron chi connectivity index (χ1n) is 7.36. The van der Waals surface area contributed by atoms with Crippen molar-refractivity contribution in [1.82, 2.24) is 0 Å². The molecule has 0 spiro atoms. The van der Waals surface area contributed by atoms with E-state index >= 15 is 0 Å². The fourth-order valence-corrected chi connectivity index (χ4v) is 1.97. The van der Waals surface area contributed by atoms with Gasteiger partial charge in [0.1, 0.15) is 11.5 Å². The van der Waals surface area contributed by atoms with Gasteiger partial charge in [0.2, 0.25) is 0 Å². The highest BCUT2D eigenvalue weighted by atomic mass is 16.5. The lowest BCUT2D eigenvalue weighted by molar-refractivity contribution is 0.247. The second-order valence-corrected chi connectivity index (χ2v) is 5.35. The van der Waals surface area contributed by atoms with Crippen molar-refractivity contribution in [3.8, 4) is 11.5 Å². The molecule has 0 aliphatic heterocycles. The van der Waals surface area contributed by atoms with Crippen LogP contribution in [0.2, 0.25) is 0 Å². The zero-order valence-electron chi connectivity index (χ0n) is 12.7. The van der Waals surface area contributed by atoms with Crippen LogP contribution in [0.3, 0.4) is 0 Å². The van der Waals surface area contributed by atoms with Crippen LogP contribution < -0.4 is 15.2 Å². The highest BCUT2D eigenvalue weighted by molar-refractivity contribution is 5.41. The molecule has 2 N–H and O–H groups in total. The SMILES string of the molecule is CC(C)c1cccc(OCCCOc2ccc(N)cc2)c1. The largest absolute Gasteiger partial charge is 0.493 e. The van der Waals surface area contributed by atoms with E-state index in [0.29, 0.717) is 19.1 Å². The molecule has 2 aromatic carbocycles. The molecule has 0 heterocycles. The van der Waals surface area contributed by atoms with Crippen LogP contribution in [0.4, 0.5) is 5.69 Å². The molecule has 112 valence electrons. The Balaban J connectivity index is 1.70. The summed E-state index contributed by atoms with van der Waals surface area (Å²) in [6, 6.07) is 15.7. The van der Waals surface area contributed by atoms with Gasteiger partial charge >= 0.3 is 0 Å². The molecule has 2 rings (SSSR count). The normalized spacial score (nSPS) is 10.6. The molecule has 0 radical (unpaired) electrons. The van der Waals surface area contributed by atoms with Crippen LogP contribution in [0.5, 0.6) is 11.5 Å². The van der Waals surface area contributed by atoms with Gasteiger partial charge in [-0.2, -0.15) is 0 Å². The van der Waals surface area contributed by atoms with Crippen LogP contribution in [-0.2, 0) is 0 Å². The minimum absolute atomic E-state index is 0.516. The van der Waals surface area contributed by atoms with Crippen LogP contribution in [0, 0.1) is 0 Å². The molecule has 0 fully saturated rings. The average Bonchev–Trinajstić information content (AvgIpc) is 2.49. The predicted molar refractivity (Wildman–Crippen MR) is 87.0 cm³/mol. The minimum Gasteiger partial charge on any atom is -0.493 e. The quantitative estimate of drug-likeness (QED) is 0.611. The first-order chi connectivity index (χ1) is 10.1. The lowest BCUT2D eigenvalue weighted by Crippen LogP contribution is -2.05. The summed E-state index contributed by atoms with van der Waals surface area (Å²) in [6.07, 6.45) is 0.844. The van der Waals surface area contributed by atoms with Gasteiger partial charge in [-0.05, 0) is 47.9 Å². The van der Waals surface area contributed by atoms with Gasteiger partial charge in [-0.25, -0.2) is 0 Å². The van der Waals surface area contributed by atoms with Crippen LogP contribution >= 0.6 is 0 Å². The first kappa shape index (κ1) is 15.2. The van der Waals surface area contributed by atoms with E-state index in [9.17, 15) is 0 Å². The van der Waals surface area contributed by atoms with Gasteiger partial charge in [-0.1, -0.05) is 26.0 Å². The third-order valence-corrected chi connectivity index (χ3v) is 3.23. The fraction of sp³-hybridized carbons (Fsp3) is 0.333. The third kappa shape index (κ3) is 5.03. The fourth-order valence-electron chi connectivity index (χ4n) is 1.97. The summed E-state index contributed by atoms with van der Waals surface area (Å²) in [6.45, 7) is 5.64. The molecule has 0 unspecified atom stereocenters. The highest BCUT2D eigenvalue weighted by Crippen LogP contribution is 2.20. The number of rotatable bonds is 7. The van der Waals surface area contributed by atoms with E-state index in [1.807, 2.05) is 36.4 Å². The van der Waals surface area contributed by atoms with Crippen molar-refractivity contribution in [1.29, 1.82) is 0 Å². The Morgan fingerprint density at radius 1 is 0.905 bits per heavy atom. The van der Waals surface area contributed by atoms with E-state index in [-0.39, 0.29) is 0 Å². The number of ether oxygens (including phenoxy) is 2. The molecule has 0 atom stereocenters. The molecular weight excluding hydrogens is 262 g/mol. The Morgan fingerprint density at radius 2 is 1.57 bits per heavy atom. The van der Waals surface area contributed by atoms with E-state index in [1.165, 1.54) is 5.56 Å². The summed E-state index contributed by atoms with van der Waals surface area (Å²) < 4.78 is 11.4. The van der Waals surface area contributed by atoms with Crippen molar-refractivity contribution in [3.63, 3.8) is 0 Å². The molecule has 21 heavy (non-hydrogen) atoms. The Bertz CT molecular complexity index is 549. The molecule has 0 saturated carbocycles. The monoisotopic (exact) mass is 285 g/mol. The van der Waals surface area contributed by atoms with Crippen molar-refractivity contribution in [2.45, 2.75) is 26.2 Å². The smallest absolute Gasteiger partial charge is 0.119 e. The van der Waals surface area contributed by atoms with Gasteiger partial charge in [0, 0.05) is 12.1 Å². The first-order valence-corrected chi connectivity index (χ1v) is 7.36. The molecule has 0 aliphatic rings. The van der Waals surface area contributed by atoms with E-state index < -0.39 is 0 Å². The average molecular weight is 285 g/mol. The second-order valence-electron chi connectivity index (χ2n) is 5.35. The van der Waals surface area contributed by atoms with Crippen molar-refractivity contribution >= 4 is 5.69 Å². The standard InChI is InChI=1S/C18H23NO2/c1-14(2)15-5-3-6-18(13-15)21-12-4-11-20-17-9-7-16(19)8-10-17/h3,5-10,13-14H,4,11-12,19H2,1-2H3. The Labute approximate surface area is 126 Å². The Hall–Kier alpha value is -2.16. The number of nitrogens with two attached hydrogens (primary N) is 1. The molecular formula is C18H23NO2. The van der Waals surface area contributed by atoms with Gasteiger partial charge in [-0.15, -0.1) is 0 Å². The Morgan fingerprint density at radius 3 is 2.24 bits per heavy atom. The summed E-state index contributed by atoms with van der Waals surface area (Å²) in [5.74, 6) is 2.28. The molecule has 0 aliphatic carbocycles. The summed E-state index contributed by atoms with van der Waals surface area (Å²) in [7, 11) is 0. The van der Waals surface area contributed by atoms with Crippen molar-refractivity contribution < 1.29 is 9.47 Å². The van der Waals surface area contributed by atoms with E-state index in [0.717, 1.165) is 23.6 Å². The van der Waals surface area contributed by atoms with E-state index in [4.69, 9.17) is 15.2 Å². The lowest BCUT2D eigenvalue weighted by Gasteiger charge is -2.10. The number of benzene rings is 2. The summed E-state index contributed by atoms with van der Waals surface area (Å²) in [5, 5.41) is 0. The van der Waals surface area contributed by atoms with Crippen LogP contribution in [0.25, 0.3) is 0 Å². The van der Waals surface area contributed by atoms with Crippen molar-refractivity contribution in [2.24, 2.45) is 0 Å². The zero-order chi connectivity index (χ0) is 15.1. The molecule has 0 bridgehead atoms. The number of anilines is 1. The van der Waals surface area contributed by atoms with E-state index in [2.05, 4.69) is 26.0 Å². The number of nitrogen functional groups attached to an aromatic ring is 1. The maximum Gasteiger partial charge on any atom is 0.119 e. The van der Waals surface area contributed by atoms with Crippen LogP contribution in [0.1, 0.15) is 31.7 Å². The summed E-state index contributed by atoms with van der Waals surface area (Å²) in [4.78, 5) is 0. The molecule has 0 amide bonds. The van der Waals surface area contributed by atoms with Gasteiger partial charge < -0.3 is 15.2 Å². The summed E-state index contributed by atoms with van der Waals surface area (Å²) in [5.41, 5.74) is 7.67. The number of hydrogen-bond donors (Lipinski definition) is 1. The molecule has 3 nitrogen and oxygen atoms in total. The zero-order valence-corrected chi connectivity index (χ0v) is 12.7. The topological polar surface area (TPSA) is 44.5 Å². The lowest BCUT2D eigenvalue weighted by atomic mass is 10.0. The predicted octanol–water partition coefficient (Wildman–Crippen LogP) is 4.24. The molecule has 0 saturated heterocycles. The van der Waals surface area contributed by atoms with Crippen LogP contribution in [0.15, 0.2) is 48.5 Å². The molecule has 0 aromatic heterocycles. The highest BCUT2D eigenvalue weighted by Gasteiger charge is 2.01. The van der Waals surface area contributed by atoms with E-state index in [1.54, 1.807) is 0 Å². The van der Waals surface area contributed by atoms with Gasteiger partial charge in [-0.3, -0.25) is 0 Å².